The highest BCUT2D eigenvalue weighted by Crippen LogP contribution is 2.33. The van der Waals surface area contributed by atoms with Crippen LogP contribution in [-0.2, 0) is 14.3 Å². The van der Waals surface area contributed by atoms with Gasteiger partial charge in [0.05, 0.1) is 6.33 Å². The summed E-state index contributed by atoms with van der Waals surface area (Å²) in [6.07, 6.45) is 2.21. The molecule has 13 nitrogen and oxygen atoms in total. The number of aliphatic hydroxyl groups excluding tert-OH is 2. The van der Waals surface area contributed by atoms with Crippen molar-refractivity contribution in [2.24, 2.45) is 5.92 Å². The lowest BCUT2D eigenvalue weighted by atomic mass is 9.94. The Labute approximate surface area is 218 Å². The van der Waals surface area contributed by atoms with Gasteiger partial charge in [0, 0.05) is 25.6 Å². The number of nitrogens with two attached hydrogens (primary N) is 1. The predicted octanol–water partition coefficient (Wildman–Crippen LogP) is 0.0589. The minimum Gasteiger partial charge on any atom is -0.446 e. The van der Waals surface area contributed by atoms with Crippen LogP contribution in [0.5, 0.6) is 0 Å². The van der Waals surface area contributed by atoms with Gasteiger partial charge in [0.15, 0.2) is 23.8 Å². The summed E-state index contributed by atoms with van der Waals surface area (Å²) < 4.78 is 12.6. The number of piperidine rings is 1. The van der Waals surface area contributed by atoms with E-state index in [2.05, 4.69) is 32.1 Å². The average Bonchev–Trinajstić information content (AvgIpc) is 3.83. The summed E-state index contributed by atoms with van der Waals surface area (Å²) in [7, 11) is 0. The Morgan fingerprint density at radius 1 is 1.13 bits per heavy atom. The molecule has 4 fully saturated rings. The Morgan fingerprint density at radius 2 is 1.89 bits per heavy atom. The van der Waals surface area contributed by atoms with Gasteiger partial charge in [-0.15, -0.1) is 0 Å². The first-order valence-corrected chi connectivity index (χ1v) is 13.1. The third kappa shape index (κ3) is 5.11. The summed E-state index contributed by atoms with van der Waals surface area (Å²) in [6.45, 7) is 1.31. The van der Waals surface area contributed by atoms with Crippen LogP contribution in [0.2, 0.25) is 0 Å². The summed E-state index contributed by atoms with van der Waals surface area (Å²) in [4.78, 5) is 39.3. The van der Waals surface area contributed by atoms with Crippen LogP contribution in [0, 0.1) is 17.8 Å². The molecule has 2 aliphatic carbocycles. The quantitative estimate of drug-likeness (QED) is 0.390. The van der Waals surface area contributed by atoms with Crippen molar-refractivity contribution in [1.82, 2.24) is 29.7 Å². The van der Waals surface area contributed by atoms with Crippen LogP contribution in [0.3, 0.4) is 0 Å². The van der Waals surface area contributed by atoms with Gasteiger partial charge in [0.2, 0.25) is 5.82 Å². The molecule has 2 saturated heterocycles. The van der Waals surface area contributed by atoms with Crippen LogP contribution in [0.1, 0.15) is 57.0 Å². The number of anilines is 1. The SMILES string of the molecule is Nc1nc(C#CCC2CCN(C(=O)OC3CC3)CC2)nc2c1ncn2C1OC(C(=O)NC2CC2)C(O)C1O. The highest BCUT2D eigenvalue weighted by Gasteiger charge is 2.48. The number of ether oxygens (including phenoxy) is 2. The Morgan fingerprint density at radius 3 is 2.61 bits per heavy atom. The number of aliphatic hydroxyl groups is 2. The fourth-order valence-corrected chi connectivity index (χ4v) is 4.79. The standard InChI is InChI=1S/C25H31N7O6/c26-21-17-22(32(12-27-17)24-19(34)18(33)20(38-24)23(35)28-14-4-5-14)30-16(29-21)3-1-2-13-8-10-31(11-9-13)25(36)37-15-6-7-15/h12-15,18-20,24,33-34H,2,4-11H2,(H,28,35)(H2,26,29,30). The van der Waals surface area contributed by atoms with E-state index in [9.17, 15) is 19.8 Å². The molecular weight excluding hydrogens is 494 g/mol. The van der Waals surface area contributed by atoms with Crippen LogP contribution >= 0.6 is 0 Å². The van der Waals surface area contributed by atoms with E-state index in [0.29, 0.717) is 30.9 Å². The van der Waals surface area contributed by atoms with Crippen molar-refractivity contribution in [3.8, 4) is 11.8 Å². The van der Waals surface area contributed by atoms with Crippen molar-refractivity contribution in [2.45, 2.75) is 81.6 Å². The maximum absolute atomic E-state index is 12.5. The van der Waals surface area contributed by atoms with Crippen LogP contribution in [-0.4, -0.2) is 90.2 Å². The van der Waals surface area contributed by atoms with Gasteiger partial charge in [0.25, 0.3) is 5.91 Å². The van der Waals surface area contributed by atoms with E-state index in [1.54, 1.807) is 4.90 Å². The number of amides is 2. The molecule has 4 aliphatic rings. The van der Waals surface area contributed by atoms with Crippen molar-refractivity contribution in [2.75, 3.05) is 18.8 Å². The first-order chi connectivity index (χ1) is 18.4. The van der Waals surface area contributed by atoms with Gasteiger partial charge in [-0.3, -0.25) is 9.36 Å². The number of hydrogen-bond acceptors (Lipinski definition) is 10. The number of hydrogen-bond donors (Lipinski definition) is 4. The Kier molecular flexibility index (Phi) is 6.55. The fraction of sp³-hybridized carbons (Fsp3) is 0.640. The number of likely N-dealkylation sites (tertiary alicyclic amines) is 1. The molecule has 2 aliphatic heterocycles. The van der Waals surface area contributed by atoms with E-state index < -0.39 is 30.4 Å². The van der Waals surface area contributed by atoms with Crippen molar-refractivity contribution < 1.29 is 29.3 Å². The molecule has 0 bridgehead atoms. The monoisotopic (exact) mass is 525 g/mol. The molecule has 0 spiro atoms. The normalized spacial score (nSPS) is 27.7. The van der Waals surface area contributed by atoms with E-state index in [0.717, 1.165) is 38.5 Å². The second-order valence-corrected chi connectivity index (χ2v) is 10.5. The molecule has 5 N–H and O–H groups in total. The van der Waals surface area contributed by atoms with Crippen molar-refractivity contribution in [3.05, 3.63) is 12.2 Å². The number of nitrogen functional groups attached to an aromatic ring is 1. The molecule has 6 rings (SSSR count). The summed E-state index contributed by atoms with van der Waals surface area (Å²) in [5, 5.41) is 23.9. The predicted molar refractivity (Wildman–Crippen MR) is 132 cm³/mol. The minimum absolute atomic E-state index is 0.0913. The largest absolute Gasteiger partial charge is 0.446 e. The number of fused-ring (bicyclic) bond motifs is 1. The third-order valence-electron chi connectivity index (χ3n) is 7.40. The molecule has 202 valence electrons. The molecular formula is C25H31N7O6. The van der Waals surface area contributed by atoms with Crippen LogP contribution in [0.25, 0.3) is 11.2 Å². The van der Waals surface area contributed by atoms with E-state index in [1.165, 1.54) is 10.9 Å². The lowest BCUT2D eigenvalue weighted by molar-refractivity contribution is -0.137. The summed E-state index contributed by atoms with van der Waals surface area (Å²) in [6, 6.07) is 0.0913. The number of nitrogens with zero attached hydrogens (tertiary/aromatic N) is 5. The molecule has 13 heteroatoms. The second kappa shape index (κ2) is 10.0. The first-order valence-electron chi connectivity index (χ1n) is 13.1. The number of imidazole rings is 1. The van der Waals surface area contributed by atoms with Gasteiger partial charge in [-0.2, -0.15) is 0 Å². The molecule has 2 aromatic heterocycles. The van der Waals surface area contributed by atoms with Crippen LogP contribution in [0.15, 0.2) is 6.33 Å². The number of nitrogens with one attached hydrogen (secondary N) is 1. The maximum atomic E-state index is 12.5. The Hall–Kier alpha value is -3.47. The average molecular weight is 526 g/mol. The molecule has 4 unspecified atom stereocenters. The summed E-state index contributed by atoms with van der Waals surface area (Å²) in [5.74, 6) is 6.29. The topological polar surface area (TPSA) is 178 Å². The molecule has 4 heterocycles. The molecule has 4 atom stereocenters. The highest BCUT2D eigenvalue weighted by molar-refractivity contribution is 5.83. The van der Waals surface area contributed by atoms with Gasteiger partial charge in [-0.05, 0) is 50.4 Å². The second-order valence-electron chi connectivity index (χ2n) is 10.5. The maximum Gasteiger partial charge on any atom is 0.410 e. The molecule has 0 radical (unpaired) electrons. The molecule has 2 amide bonds. The van der Waals surface area contributed by atoms with Gasteiger partial charge in [0.1, 0.15) is 23.8 Å². The first kappa shape index (κ1) is 24.8. The van der Waals surface area contributed by atoms with Gasteiger partial charge < -0.3 is 35.6 Å². The molecule has 0 aromatic carbocycles. The third-order valence-corrected chi connectivity index (χ3v) is 7.40. The van der Waals surface area contributed by atoms with E-state index in [4.69, 9.17) is 15.2 Å². The molecule has 2 aromatic rings. The number of carbonyl (C=O) groups is 2. The summed E-state index contributed by atoms with van der Waals surface area (Å²) >= 11 is 0. The number of rotatable bonds is 5. The number of aromatic nitrogens is 4. The molecule has 2 saturated carbocycles. The van der Waals surface area contributed by atoms with Crippen LogP contribution in [0.4, 0.5) is 10.6 Å². The zero-order chi connectivity index (χ0) is 26.4. The van der Waals surface area contributed by atoms with Crippen molar-refractivity contribution in [3.63, 3.8) is 0 Å². The van der Waals surface area contributed by atoms with E-state index in [-0.39, 0.29) is 35.5 Å². The van der Waals surface area contributed by atoms with Crippen molar-refractivity contribution >= 4 is 29.0 Å². The zero-order valence-corrected chi connectivity index (χ0v) is 20.8. The van der Waals surface area contributed by atoms with Gasteiger partial charge in [-0.25, -0.2) is 19.7 Å². The van der Waals surface area contributed by atoms with E-state index in [1.807, 2.05) is 0 Å². The summed E-state index contributed by atoms with van der Waals surface area (Å²) in [5.41, 5.74) is 6.69. The van der Waals surface area contributed by atoms with Gasteiger partial charge >= 0.3 is 6.09 Å². The van der Waals surface area contributed by atoms with Crippen LogP contribution < -0.4 is 11.1 Å². The fourth-order valence-electron chi connectivity index (χ4n) is 4.79. The molecule has 38 heavy (non-hydrogen) atoms. The highest BCUT2D eigenvalue weighted by atomic mass is 16.6. The lowest BCUT2D eigenvalue weighted by Gasteiger charge is -2.30. The Balaban J connectivity index is 1.12. The zero-order valence-electron chi connectivity index (χ0n) is 20.8. The Bertz CT molecular complexity index is 1290. The van der Waals surface area contributed by atoms with Crippen molar-refractivity contribution in [1.29, 1.82) is 0 Å². The minimum atomic E-state index is -1.41. The smallest absolute Gasteiger partial charge is 0.410 e. The van der Waals surface area contributed by atoms with E-state index >= 15 is 0 Å². The lowest BCUT2D eigenvalue weighted by Crippen LogP contribution is -2.43. The number of carbonyl (C=O) groups excluding carboxylic acids is 2. The van der Waals surface area contributed by atoms with Gasteiger partial charge in [-0.1, -0.05) is 5.92 Å².